The molecule has 1 aliphatic rings. The second kappa shape index (κ2) is 6.47. The summed E-state index contributed by atoms with van der Waals surface area (Å²) < 4.78 is 0. The first kappa shape index (κ1) is 15.8. The van der Waals surface area contributed by atoms with Gasteiger partial charge in [-0.15, -0.1) is 11.3 Å². The third-order valence-electron chi connectivity index (χ3n) is 4.38. The summed E-state index contributed by atoms with van der Waals surface area (Å²) in [7, 11) is 0. The molecule has 6 heteroatoms. The molecule has 1 aromatic heterocycles. The highest BCUT2D eigenvalue weighted by Crippen LogP contribution is 2.30. The van der Waals surface area contributed by atoms with Gasteiger partial charge in [0.05, 0.1) is 4.88 Å². The summed E-state index contributed by atoms with van der Waals surface area (Å²) in [6.45, 7) is 3.84. The first-order valence-electron chi connectivity index (χ1n) is 7.48. The standard InChI is InChI=1S/C15H23N3O2S/c1-3-15(4-2,14(16)18-20)17-13(19)12-9-10-7-5-6-8-11(10)21-12/h9,20H,3-8H2,1-2H3,(H2,16,18)(H,17,19). The molecule has 1 heterocycles. The van der Waals surface area contributed by atoms with Gasteiger partial charge < -0.3 is 16.3 Å². The van der Waals surface area contributed by atoms with E-state index in [2.05, 4.69) is 10.5 Å². The van der Waals surface area contributed by atoms with Crippen molar-refractivity contribution >= 4 is 23.1 Å². The first-order valence-corrected chi connectivity index (χ1v) is 8.30. The molecule has 0 aliphatic heterocycles. The molecule has 0 atom stereocenters. The third-order valence-corrected chi connectivity index (χ3v) is 5.61. The predicted molar refractivity (Wildman–Crippen MR) is 85.1 cm³/mol. The van der Waals surface area contributed by atoms with Crippen LogP contribution in [-0.4, -0.2) is 22.5 Å². The molecule has 0 aromatic carbocycles. The number of rotatable bonds is 5. The number of carbonyl (C=O) groups is 1. The number of thiophene rings is 1. The second-order valence-electron chi connectivity index (χ2n) is 5.49. The van der Waals surface area contributed by atoms with Crippen molar-refractivity contribution in [2.75, 3.05) is 0 Å². The summed E-state index contributed by atoms with van der Waals surface area (Å²) in [6.07, 6.45) is 5.69. The fourth-order valence-electron chi connectivity index (χ4n) is 2.83. The monoisotopic (exact) mass is 309 g/mol. The molecule has 0 bridgehead atoms. The van der Waals surface area contributed by atoms with Gasteiger partial charge in [-0.3, -0.25) is 4.79 Å². The van der Waals surface area contributed by atoms with Gasteiger partial charge in [0, 0.05) is 4.88 Å². The van der Waals surface area contributed by atoms with E-state index >= 15 is 0 Å². The van der Waals surface area contributed by atoms with E-state index < -0.39 is 5.54 Å². The van der Waals surface area contributed by atoms with Crippen LogP contribution in [0, 0.1) is 0 Å². The van der Waals surface area contributed by atoms with Crippen molar-refractivity contribution in [3.8, 4) is 0 Å². The van der Waals surface area contributed by atoms with Crippen LogP contribution in [0.2, 0.25) is 0 Å². The molecule has 116 valence electrons. The summed E-state index contributed by atoms with van der Waals surface area (Å²) in [6, 6.07) is 2.00. The Morgan fingerprint density at radius 2 is 2.10 bits per heavy atom. The third kappa shape index (κ3) is 3.05. The Kier molecular flexibility index (Phi) is 4.88. The quantitative estimate of drug-likeness (QED) is 0.338. The topological polar surface area (TPSA) is 87.7 Å². The number of oxime groups is 1. The van der Waals surface area contributed by atoms with E-state index in [4.69, 9.17) is 10.9 Å². The van der Waals surface area contributed by atoms with E-state index in [1.165, 1.54) is 23.3 Å². The lowest BCUT2D eigenvalue weighted by atomic mass is 9.91. The summed E-state index contributed by atoms with van der Waals surface area (Å²) >= 11 is 1.57. The average Bonchev–Trinajstić information content (AvgIpc) is 2.96. The van der Waals surface area contributed by atoms with Gasteiger partial charge in [0.1, 0.15) is 5.54 Å². The molecule has 1 amide bonds. The van der Waals surface area contributed by atoms with Crippen molar-refractivity contribution in [2.24, 2.45) is 10.9 Å². The Hall–Kier alpha value is -1.56. The van der Waals surface area contributed by atoms with Gasteiger partial charge >= 0.3 is 0 Å². The van der Waals surface area contributed by atoms with Crippen LogP contribution >= 0.6 is 11.3 Å². The van der Waals surface area contributed by atoms with E-state index in [-0.39, 0.29) is 11.7 Å². The fourth-order valence-corrected chi connectivity index (χ4v) is 3.98. The zero-order valence-electron chi connectivity index (χ0n) is 12.6. The number of fused-ring (bicyclic) bond motifs is 1. The van der Waals surface area contributed by atoms with Gasteiger partial charge in [-0.1, -0.05) is 19.0 Å². The van der Waals surface area contributed by atoms with Gasteiger partial charge in [-0.25, -0.2) is 0 Å². The van der Waals surface area contributed by atoms with E-state index in [1.807, 2.05) is 19.9 Å². The Balaban J connectivity index is 2.21. The minimum absolute atomic E-state index is 0.0576. The minimum atomic E-state index is -0.781. The largest absolute Gasteiger partial charge is 0.409 e. The normalized spacial score (nSPS) is 15.6. The van der Waals surface area contributed by atoms with Crippen LogP contribution < -0.4 is 11.1 Å². The molecular weight excluding hydrogens is 286 g/mol. The molecule has 0 radical (unpaired) electrons. The van der Waals surface area contributed by atoms with Gasteiger partial charge in [0.15, 0.2) is 5.84 Å². The van der Waals surface area contributed by atoms with Crippen LogP contribution in [0.25, 0.3) is 0 Å². The van der Waals surface area contributed by atoms with Crippen LogP contribution in [-0.2, 0) is 12.8 Å². The molecular formula is C15H23N3O2S. The first-order chi connectivity index (χ1) is 10.1. The Morgan fingerprint density at radius 3 is 2.67 bits per heavy atom. The zero-order valence-corrected chi connectivity index (χ0v) is 13.4. The smallest absolute Gasteiger partial charge is 0.262 e. The van der Waals surface area contributed by atoms with E-state index in [1.54, 1.807) is 11.3 Å². The lowest BCUT2D eigenvalue weighted by Gasteiger charge is -2.31. The van der Waals surface area contributed by atoms with Crippen LogP contribution in [0.15, 0.2) is 11.2 Å². The van der Waals surface area contributed by atoms with Crippen LogP contribution in [0.1, 0.15) is 59.6 Å². The van der Waals surface area contributed by atoms with Crippen molar-refractivity contribution < 1.29 is 10.0 Å². The predicted octanol–water partition coefficient (Wildman–Crippen LogP) is 2.66. The van der Waals surface area contributed by atoms with Crippen molar-refractivity contribution in [1.29, 1.82) is 0 Å². The van der Waals surface area contributed by atoms with Crippen molar-refractivity contribution in [3.63, 3.8) is 0 Å². The molecule has 0 saturated heterocycles. The number of nitrogens with one attached hydrogen (secondary N) is 1. The maximum absolute atomic E-state index is 12.5. The van der Waals surface area contributed by atoms with E-state index in [0.29, 0.717) is 12.8 Å². The molecule has 1 aliphatic carbocycles. The maximum atomic E-state index is 12.5. The highest BCUT2D eigenvalue weighted by atomic mass is 32.1. The average molecular weight is 309 g/mol. The Labute approximate surface area is 129 Å². The fraction of sp³-hybridized carbons (Fsp3) is 0.600. The van der Waals surface area contributed by atoms with Gasteiger partial charge in [-0.05, 0) is 50.2 Å². The van der Waals surface area contributed by atoms with Crippen LogP contribution in [0.4, 0.5) is 0 Å². The minimum Gasteiger partial charge on any atom is -0.409 e. The molecule has 0 saturated carbocycles. The number of hydrogen-bond donors (Lipinski definition) is 3. The molecule has 2 rings (SSSR count). The summed E-state index contributed by atoms with van der Waals surface area (Å²) in [5.41, 5.74) is 6.31. The number of nitrogens with two attached hydrogens (primary N) is 1. The number of amides is 1. The van der Waals surface area contributed by atoms with Gasteiger partial charge in [0.2, 0.25) is 0 Å². The number of nitrogens with zero attached hydrogens (tertiary/aromatic N) is 1. The Bertz CT molecular complexity index is 524. The van der Waals surface area contributed by atoms with Crippen molar-refractivity contribution in [2.45, 2.75) is 57.9 Å². The van der Waals surface area contributed by atoms with Crippen LogP contribution in [0.5, 0.6) is 0 Å². The van der Waals surface area contributed by atoms with Gasteiger partial charge in [-0.2, -0.15) is 0 Å². The number of aryl methyl sites for hydroxylation is 2. The number of carbonyl (C=O) groups excluding carboxylic acids is 1. The lowest BCUT2D eigenvalue weighted by molar-refractivity contribution is 0.0922. The van der Waals surface area contributed by atoms with Gasteiger partial charge in [0.25, 0.3) is 5.91 Å². The van der Waals surface area contributed by atoms with Crippen LogP contribution in [0.3, 0.4) is 0 Å². The molecule has 5 nitrogen and oxygen atoms in total. The zero-order chi connectivity index (χ0) is 15.5. The molecule has 21 heavy (non-hydrogen) atoms. The number of amidine groups is 1. The molecule has 0 spiro atoms. The van der Waals surface area contributed by atoms with Crippen molar-refractivity contribution in [3.05, 3.63) is 21.4 Å². The summed E-state index contributed by atoms with van der Waals surface area (Å²) in [5.74, 6) is -0.0770. The molecule has 4 N–H and O–H groups in total. The van der Waals surface area contributed by atoms with E-state index in [9.17, 15) is 4.79 Å². The molecule has 0 fully saturated rings. The van der Waals surface area contributed by atoms with E-state index in [0.717, 1.165) is 17.7 Å². The van der Waals surface area contributed by atoms with Crippen molar-refractivity contribution in [1.82, 2.24) is 5.32 Å². The highest BCUT2D eigenvalue weighted by molar-refractivity contribution is 7.14. The highest BCUT2D eigenvalue weighted by Gasteiger charge is 2.34. The second-order valence-corrected chi connectivity index (χ2v) is 6.63. The SMILES string of the molecule is CCC(CC)(NC(=O)c1cc2c(s1)CCCC2)/C(N)=N/O. The summed E-state index contributed by atoms with van der Waals surface area (Å²) in [5, 5.41) is 15.0. The Morgan fingerprint density at radius 1 is 1.43 bits per heavy atom. The maximum Gasteiger partial charge on any atom is 0.262 e. The summed E-state index contributed by atoms with van der Waals surface area (Å²) in [4.78, 5) is 14.6. The molecule has 1 aromatic rings. The number of hydrogen-bond acceptors (Lipinski definition) is 4. The molecule has 0 unspecified atom stereocenters. The lowest BCUT2D eigenvalue weighted by Crippen LogP contribution is -2.56.